The highest BCUT2D eigenvalue weighted by Crippen LogP contribution is 2.20. The van der Waals surface area contributed by atoms with Gasteiger partial charge < -0.3 is 10.2 Å². The molecule has 6 heteroatoms. The van der Waals surface area contributed by atoms with Gasteiger partial charge in [0.2, 0.25) is 11.8 Å². The van der Waals surface area contributed by atoms with Crippen LogP contribution in [-0.4, -0.2) is 29.4 Å². The molecular formula is C17H19N3O2S. The number of amides is 2. The Morgan fingerprint density at radius 1 is 1.39 bits per heavy atom. The lowest BCUT2D eigenvalue weighted by molar-refractivity contribution is -0.128. The second-order valence-corrected chi connectivity index (χ2v) is 6.58. The van der Waals surface area contributed by atoms with Crippen LogP contribution in [0.1, 0.15) is 24.1 Å². The number of piperidine rings is 1. The summed E-state index contributed by atoms with van der Waals surface area (Å²) >= 11 is 1.65. The van der Waals surface area contributed by atoms with Crippen molar-refractivity contribution in [1.82, 2.24) is 10.3 Å². The number of carbonyl (C=O) groups excluding carboxylic acids is 2. The quantitative estimate of drug-likeness (QED) is 0.916. The first-order valence-electron chi connectivity index (χ1n) is 7.77. The van der Waals surface area contributed by atoms with Gasteiger partial charge in [-0.05, 0) is 42.8 Å². The van der Waals surface area contributed by atoms with Gasteiger partial charge in [0.05, 0.1) is 11.9 Å². The molecule has 0 bridgehead atoms. The minimum atomic E-state index is -0.431. The molecule has 1 atom stereocenters. The van der Waals surface area contributed by atoms with Gasteiger partial charge in [0.25, 0.3) is 0 Å². The Balaban J connectivity index is 1.57. The molecule has 2 aromatic heterocycles. The summed E-state index contributed by atoms with van der Waals surface area (Å²) in [5.74, 6) is -0.112. The summed E-state index contributed by atoms with van der Waals surface area (Å²) in [7, 11) is 0. The minimum absolute atomic E-state index is 0.0475. The summed E-state index contributed by atoms with van der Waals surface area (Å²) < 4.78 is 0. The van der Waals surface area contributed by atoms with Gasteiger partial charge in [-0.3, -0.25) is 14.6 Å². The Morgan fingerprint density at radius 2 is 2.30 bits per heavy atom. The Hall–Kier alpha value is -2.21. The number of rotatable bonds is 5. The molecule has 1 N–H and O–H groups in total. The third-order valence-corrected chi connectivity index (χ3v) is 4.85. The molecule has 0 saturated carbocycles. The van der Waals surface area contributed by atoms with Crippen LogP contribution in [0.5, 0.6) is 0 Å². The van der Waals surface area contributed by atoms with E-state index in [1.165, 1.54) is 4.88 Å². The largest absolute Gasteiger partial charge is 0.344 e. The zero-order valence-corrected chi connectivity index (χ0v) is 13.6. The molecule has 1 unspecified atom stereocenters. The van der Waals surface area contributed by atoms with Gasteiger partial charge in [0.1, 0.15) is 6.04 Å². The van der Waals surface area contributed by atoms with E-state index in [0.717, 1.165) is 18.5 Å². The highest BCUT2D eigenvalue weighted by atomic mass is 32.1. The molecule has 2 amide bonds. The topological polar surface area (TPSA) is 62.3 Å². The van der Waals surface area contributed by atoms with Gasteiger partial charge in [-0.1, -0.05) is 6.07 Å². The number of pyridine rings is 1. The number of carbonyl (C=O) groups is 2. The van der Waals surface area contributed by atoms with Crippen molar-refractivity contribution in [2.24, 2.45) is 0 Å². The molecule has 120 valence electrons. The number of nitrogens with zero attached hydrogens (tertiary/aromatic N) is 2. The number of nitrogens with one attached hydrogen (secondary N) is 1. The van der Waals surface area contributed by atoms with Crippen molar-refractivity contribution in [1.29, 1.82) is 0 Å². The number of aryl methyl sites for hydroxylation is 1. The highest BCUT2D eigenvalue weighted by Gasteiger charge is 2.30. The average Bonchev–Trinajstić information content (AvgIpc) is 3.09. The van der Waals surface area contributed by atoms with E-state index in [1.807, 2.05) is 29.6 Å². The maximum Gasteiger partial charge on any atom is 0.249 e. The smallest absolute Gasteiger partial charge is 0.249 e. The first-order chi connectivity index (χ1) is 11.2. The fourth-order valence-corrected chi connectivity index (χ4v) is 3.45. The first kappa shape index (κ1) is 15.7. The molecule has 0 aromatic carbocycles. The molecule has 2 aromatic rings. The lowest BCUT2D eigenvalue weighted by Crippen LogP contribution is -2.52. The molecule has 1 aliphatic heterocycles. The number of thiophene rings is 1. The monoisotopic (exact) mass is 329 g/mol. The van der Waals surface area contributed by atoms with Crippen LogP contribution in [0.4, 0.5) is 5.69 Å². The fraction of sp³-hybridized carbons (Fsp3) is 0.353. The number of aromatic nitrogens is 1. The molecule has 3 rings (SSSR count). The van der Waals surface area contributed by atoms with Crippen LogP contribution in [0.15, 0.2) is 42.0 Å². The molecular weight excluding hydrogens is 310 g/mol. The predicted molar refractivity (Wildman–Crippen MR) is 90.4 cm³/mol. The summed E-state index contributed by atoms with van der Waals surface area (Å²) in [5, 5.41) is 4.89. The minimum Gasteiger partial charge on any atom is -0.344 e. The Morgan fingerprint density at radius 3 is 3.04 bits per heavy atom. The van der Waals surface area contributed by atoms with Crippen LogP contribution in [0.3, 0.4) is 0 Å². The number of anilines is 1. The lowest BCUT2D eigenvalue weighted by atomic mass is 10.0. The van der Waals surface area contributed by atoms with Crippen LogP contribution in [0.25, 0.3) is 0 Å². The van der Waals surface area contributed by atoms with Gasteiger partial charge >= 0.3 is 0 Å². The highest BCUT2D eigenvalue weighted by molar-refractivity contribution is 7.09. The predicted octanol–water partition coefficient (Wildman–Crippen LogP) is 2.39. The average molecular weight is 329 g/mol. The van der Waals surface area contributed by atoms with E-state index in [2.05, 4.69) is 10.3 Å². The maximum absolute atomic E-state index is 12.6. The SMILES string of the molecule is O=C(CCc1cccs1)NC1CCCN(c2cccnc2)C1=O. The van der Waals surface area contributed by atoms with Crippen molar-refractivity contribution in [2.75, 3.05) is 11.4 Å². The van der Waals surface area contributed by atoms with Crippen molar-refractivity contribution < 1.29 is 9.59 Å². The van der Waals surface area contributed by atoms with E-state index in [-0.39, 0.29) is 11.8 Å². The third-order valence-electron chi connectivity index (χ3n) is 3.91. The number of hydrogen-bond donors (Lipinski definition) is 1. The van der Waals surface area contributed by atoms with Crippen molar-refractivity contribution in [2.45, 2.75) is 31.7 Å². The van der Waals surface area contributed by atoms with Crippen LogP contribution in [-0.2, 0) is 16.0 Å². The van der Waals surface area contributed by atoms with Crippen molar-refractivity contribution in [3.8, 4) is 0 Å². The lowest BCUT2D eigenvalue weighted by Gasteiger charge is -2.32. The van der Waals surface area contributed by atoms with E-state index in [0.29, 0.717) is 19.4 Å². The second kappa shape index (κ2) is 7.37. The van der Waals surface area contributed by atoms with Crippen molar-refractivity contribution in [3.05, 3.63) is 46.9 Å². The fourth-order valence-electron chi connectivity index (χ4n) is 2.74. The molecule has 0 spiro atoms. The van der Waals surface area contributed by atoms with E-state index in [4.69, 9.17) is 0 Å². The van der Waals surface area contributed by atoms with E-state index in [1.54, 1.807) is 28.6 Å². The van der Waals surface area contributed by atoms with Gasteiger partial charge in [0.15, 0.2) is 0 Å². The van der Waals surface area contributed by atoms with Gasteiger partial charge in [-0.2, -0.15) is 0 Å². The summed E-state index contributed by atoms with van der Waals surface area (Å²) in [6, 6.07) is 7.25. The molecule has 23 heavy (non-hydrogen) atoms. The first-order valence-corrected chi connectivity index (χ1v) is 8.65. The van der Waals surface area contributed by atoms with Crippen molar-refractivity contribution >= 4 is 28.8 Å². The zero-order chi connectivity index (χ0) is 16.1. The normalized spacial score (nSPS) is 18.0. The van der Waals surface area contributed by atoms with Crippen LogP contribution in [0, 0.1) is 0 Å². The van der Waals surface area contributed by atoms with Crippen molar-refractivity contribution in [3.63, 3.8) is 0 Å². The third kappa shape index (κ3) is 3.96. The van der Waals surface area contributed by atoms with Crippen LogP contribution in [0.2, 0.25) is 0 Å². The summed E-state index contributed by atoms with van der Waals surface area (Å²) in [5.41, 5.74) is 0.787. The van der Waals surface area contributed by atoms with E-state index < -0.39 is 6.04 Å². The van der Waals surface area contributed by atoms with Crippen LogP contribution < -0.4 is 10.2 Å². The Bertz CT molecular complexity index is 658. The molecule has 3 heterocycles. The van der Waals surface area contributed by atoms with Crippen LogP contribution >= 0.6 is 11.3 Å². The molecule has 0 radical (unpaired) electrons. The number of hydrogen-bond acceptors (Lipinski definition) is 4. The summed E-state index contributed by atoms with van der Waals surface area (Å²) in [4.78, 5) is 31.6. The van der Waals surface area contributed by atoms with Gasteiger partial charge in [-0.15, -0.1) is 11.3 Å². The summed E-state index contributed by atoms with van der Waals surface area (Å²) in [6.07, 6.45) is 6.06. The van der Waals surface area contributed by atoms with Gasteiger partial charge in [0, 0.05) is 24.0 Å². The second-order valence-electron chi connectivity index (χ2n) is 5.54. The molecule has 1 fully saturated rings. The molecule has 1 saturated heterocycles. The molecule has 0 aliphatic carbocycles. The molecule has 5 nitrogen and oxygen atoms in total. The van der Waals surface area contributed by atoms with E-state index >= 15 is 0 Å². The Labute approximate surface area is 139 Å². The van der Waals surface area contributed by atoms with Gasteiger partial charge in [-0.25, -0.2) is 0 Å². The maximum atomic E-state index is 12.6. The zero-order valence-electron chi connectivity index (χ0n) is 12.8. The Kier molecular flexibility index (Phi) is 5.02. The summed E-state index contributed by atoms with van der Waals surface area (Å²) in [6.45, 7) is 0.673. The standard InChI is InChI=1S/C17H19N3O2S/c21-16(8-7-14-5-3-11-23-14)19-15-6-2-10-20(17(15)22)13-4-1-9-18-12-13/h1,3-5,9,11-12,15H,2,6-8,10H2,(H,19,21). The molecule has 1 aliphatic rings. The van der Waals surface area contributed by atoms with E-state index in [9.17, 15) is 9.59 Å².